The number of benzene rings is 1. The largest absolute Gasteiger partial charge is 0.465 e. The van der Waals surface area contributed by atoms with Crippen LogP contribution in [0, 0.1) is 5.82 Å². The van der Waals surface area contributed by atoms with Crippen LogP contribution >= 0.6 is 0 Å². The van der Waals surface area contributed by atoms with Gasteiger partial charge in [-0.15, -0.1) is 0 Å². The summed E-state index contributed by atoms with van der Waals surface area (Å²) in [6.07, 6.45) is -1.00. The molecule has 0 saturated carbocycles. The first-order valence-corrected chi connectivity index (χ1v) is 8.26. The van der Waals surface area contributed by atoms with Gasteiger partial charge in [-0.2, -0.15) is 0 Å². The Morgan fingerprint density at radius 1 is 1.42 bits per heavy atom. The van der Waals surface area contributed by atoms with Crippen LogP contribution in [0.3, 0.4) is 0 Å². The lowest BCUT2D eigenvalue weighted by Crippen LogP contribution is -2.37. The zero-order chi connectivity index (χ0) is 18.7. The molecule has 3 rings (SSSR count). The molecule has 1 atom stereocenters. The number of carbonyl (C=O) groups excluding carboxylic acids is 1. The highest BCUT2D eigenvalue weighted by molar-refractivity contribution is 5.89. The molecular weight excluding hydrogens is 345 g/mol. The number of piperidine rings is 1. The number of anilines is 1. The summed E-state index contributed by atoms with van der Waals surface area (Å²) in [5, 5.41) is 12.4. The fraction of sp³-hybridized carbons (Fsp3) is 0.500. The molecule has 2 aliphatic rings. The van der Waals surface area contributed by atoms with Crippen LogP contribution in [0.15, 0.2) is 23.3 Å². The minimum atomic E-state index is -0.956. The van der Waals surface area contributed by atoms with Gasteiger partial charge in [0.05, 0.1) is 18.8 Å². The molecule has 0 aliphatic carbocycles. The predicted molar refractivity (Wildman–Crippen MR) is 89.6 cm³/mol. The highest BCUT2D eigenvalue weighted by atomic mass is 19.1. The van der Waals surface area contributed by atoms with E-state index in [0.717, 1.165) is 0 Å². The average Bonchev–Trinajstić information content (AvgIpc) is 3.00. The number of carboxylic acid groups (broad SMARTS) is 1. The number of likely N-dealkylation sites (tertiary alicyclic amines) is 1. The van der Waals surface area contributed by atoms with Crippen molar-refractivity contribution in [3.8, 4) is 0 Å². The van der Waals surface area contributed by atoms with E-state index in [2.05, 4.69) is 10.0 Å². The third kappa shape index (κ3) is 3.65. The minimum Gasteiger partial charge on any atom is -0.465 e. The predicted octanol–water partition coefficient (Wildman–Crippen LogP) is 3.32. The number of rotatable bonds is 4. The summed E-state index contributed by atoms with van der Waals surface area (Å²) >= 11 is 0. The van der Waals surface area contributed by atoms with E-state index in [0.29, 0.717) is 37.2 Å². The van der Waals surface area contributed by atoms with Crippen molar-refractivity contribution in [3.63, 3.8) is 0 Å². The standard InChI is InChI=1S/C16H18FN5O4/c17-14-7-11(22-9-12(8-19-20-18)26-16(22)25)1-2-13(14)10-3-5-21(6-4-10)15(23)24/h1-2,7,10,12H,3-6,8-9H2,(H,23,24). The molecule has 1 aromatic rings. The fourth-order valence-corrected chi connectivity index (χ4v) is 3.35. The van der Waals surface area contributed by atoms with Crippen LogP contribution < -0.4 is 4.90 Å². The first-order valence-electron chi connectivity index (χ1n) is 8.26. The van der Waals surface area contributed by atoms with Gasteiger partial charge in [0, 0.05) is 18.0 Å². The molecule has 26 heavy (non-hydrogen) atoms. The molecule has 1 unspecified atom stereocenters. The first kappa shape index (κ1) is 17.8. The van der Waals surface area contributed by atoms with Gasteiger partial charge in [-0.3, -0.25) is 4.90 Å². The maximum atomic E-state index is 14.6. The summed E-state index contributed by atoms with van der Waals surface area (Å²) in [5.41, 5.74) is 9.23. The van der Waals surface area contributed by atoms with Crippen LogP contribution in [0.4, 0.5) is 19.7 Å². The zero-order valence-corrected chi connectivity index (χ0v) is 13.9. The van der Waals surface area contributed by atoms with Crippen molar-refractivity contribution in [2.45, 2.75) is 24.9 Å². The molecule has 2 amide bonds. The lowest BCUT2D eigenvalue weighted by molar-refractivity contribution is 0.131. The maximum Gasteiger partial charge on any atom is 0.414 e. The number of amides is 2. The summed E-state index contributed by atoms with van der Waals surface area (Å²) in [5.74, 6) is -0.481. The Bertz CT molecular complexity index is 759. The van der Waals surface area contributed by atoms with Gasteiger partial charge in [-0.05, 0) is 42.0 Å². The van der Waals surface area contributed by atoms with Crippen molar-refractivity contribution in [2.24, 2.45) is 5.11 Å². The smallest absolute Gasteiger partial charge is 0.414 e. The van der Waals surface area contributed by atoms with Crippen molar-refractivity contribution in [1.82, 2.24) is 4.90 Å². The van der Waals surface area contributed by atoms with Crippen LogP contribution in [-0.2, 0) is 4.74 Å². The quantitative estimate of drug-likeness (QED) is 0.501. The second kappa shape index (κ2) is 7.49. The number of nitrogens with zero attached hydrogens (tertiary/aromatic N) is 5. The normalized spacial score (nSPS) is 20.7. The minimum absolute atomic E-state index is 0.0292. The van der Waals surface area contributed by atoms with Gasteiger partial charge in [-0.1, -0.05) is 11.2 Å². The highest BCUT2D eigenvalue weighted by Gasteiger charge is 2.33. The number of azide groups is 1. The van der Waals surface area contributed by atoms with Gasteiger partial charge in [-0.25, -0.2) is 14.0 Å². The summed E-state index contributed by atoms with van der Waals surface area (Å²) in [4.78, 5) is 28.1. The van der Waals surface area contributed by atoms with Crippen molar-refractivity contribution >= 4 is 17.9 Å². The molecule has 1 aromatic carbocycles. The van der Waals surface area contributed by atoms with Crippen LogP contribution in [0.25, 0.3) is 10.4 Å². The molecule has 0 bridgehead atoms. The number of ether oxygens (including phenoxy) is 1. The number of hydrogen-bond donors (Lipinski definition) is 1. The zero-order valence-electron chi connectivity index (χ0n) is 13.9. The molecule has 0 aromatic heterocycles. The first-order chi connectivity index (χ1) is 12.5. The molecule has 10 heteroatoms. The average molecular weight is 363 g/mol. The molecule has 0 spiro atoms. The Hall–Kier alpha value is -3.00. The van der Waals surface area contributed by atoms with E-state index in [1.807, 2.05) is 0 Å². The molecule has 2 aliphatic heterocycles. The van der Waals surface area contributed by atoms with E-state index in [9.17, 15) is 14.0 Å². The van der Waals surface area contributed by atoms with Crippen molar-refractivity contribution < 1.29 is 23.8 Å². The maximum absolute atomic E-state index is 14.6. The molecule has 0 radical (unpaired) electrons. The summed E-state index contributed by atoms with van der Waals surface area (Å²) in [6.45, 7) is 0.969. The summed E-state index contributed by atoms with van der Waals surface area (Å²) in [6, 6.07) is 4.58. The van der Waals surface area contributed by atoms with Gasteiger partial charge in [0.2, 0.25) is 0 Å². The highest BCUT2D eigenvalue weighted by Crippen LogP contribution is 2.32. The third-order valence-corrected chi connectivity index (χ3v) is 4.72. The van der Waals surface area contributed by atoms with E-state index < -0.39 is 24.1 Å². The Balaban J connectivity index is 1.69. The lowest BCUT2D eigenvalue weighted by Gasteiger charge is -2.30. The monoisotopic (exact) mass is 363 g/mol. The molecule has 2 fully saturated rings. The van der Waals surface area contributed by atoms with E-state index in [1.165, 1.54) is 15.9 Å². The number of halogens is 1. The molecule has 2 heterocycles. The molecule has 2 saturated heterocycles. The number of carbonyl (C=O) groups is 2. The van der Waals surface area contributed by atoms with Gasteiger partial charge in [0.15, 0.2) is 0 Å². The van der Waals surface area contributed by atoms with E-state index in [4.69, 9.17) is 15.4 Å². The van der Waals surface area contributed by atoms with E-state index in [1.54, 1.807) is 12.1 Å². The van der Waals surface area contributed by atoms with Gasteiger partial charge in [0.25, 0.3) is 0 Å². The molecular formula is C16H18FN5O4. The topological polar surface area (TPSA) is 119 Å². The SMILES string of the molecule is [N-]=[N+]=NCC1CN(c2ccc(C3CCN(C(=O)O)CC3)c(F)c2)C(=O)O1. The van der Waals surface area contributed by atoms with Gasteiger partial charge >= 0.3 is 12.2 Å². The second-order valence-electron chi connectivity index (χ2n) is 6.28. The number of cyclic esters (lactones) is 1. The lowest BCUT2D eigenvalue weighted by atomic mass is 9.89. The summed E-state index contributed by atoms with van der Waals surface area (Å²) < 4.78 is 19.7. The van der Waals surface area contributed by atoms with Crippen LogP contribution in [0.5, 0.6) is 0 Å². The Labute approximate surface area is 148 Å². The molecule has 1 N–H and O–H groups in total. The third-order valence-electron chi connectivity index (χ3n) is 4.72. The van der Waals surface area contributed by atoms with Crippen molar-refractivity contribution in [1.29, 1.82) is 0 Å². The van der Waals surface area contributed by atoms with Gasteiger partial charge in [0.1, 0.15) is 11.9 Å². The van der Waals surface area contributed by atoms with E-state index >= 15 is 0 Å². The van der Waals surface area contributed by atoms with Crippen LogP contribution in [0.1, 0.15) is 24.3 Å². The fourth-order valence-electron chi connectivity index (χ4n) is 3.35. The van der Waals surface area contributed by atoms with Crippen molar-refractivity contribution in [2.75, 3.05) is 31.1 Å². The molecule has 138 valence electrons. The van der Waals surface area contributed by atoms with Gasteiger partial charge < -0.3 is 14.7 Å². The Kier molecular flexibility index (Phi) is 5.13. The van der Waals surface area contributed by atoms with Crippen molar-refractivity contribution in [3.05, 3.63) is 40.0 Å². The van der Waals surface area contributed by atoms with Crippen LogP contribution in [-0.4, -0.2) is 54.5 Å². The summed E-state index contributed by atoms with van der Waals surface area (Å²) in [7, 11) is 0. The molecule has 9 nitrogen and oxygen atoms in total. The Morgan fingerprint density at radius 2 is 2.15 bits per heavy atom. The number of hydrogen-bond acceptors (Lipinski definition) is 4. The van der Waals surface area contributed by atoms with Crippen LogP contribution in [0.2, 0.25) is 0 Å². The van der Waals surface area contributed by atoms with E-state index in [-0.39, 0.29) is 19.0 Å². The second-order valence-corrected chi connectivity index (χ2v) is 6.28. The Morgan fingerprint density at radius 3 is 2.77 bits per heavy atom.